The molecule has 0 saturated heterocycles. The summed E-state index contributed by atoms with van der Waals surface area (Å²) in [6.07, 6.45) is 6.49. The van der Waals surface area contributed by atoms with E-state index < -0.39 is 10.0 Å². The lowest BCUT2D eigenvalue weighted by molar-refractivity contribution is -0.125. The van der Waals surface area contributed by atoms with E-state index in [9.17, 15) is 13.2 Å². The van der Waals surface area contributed by atoms with Crippen molar-refractivity contribution in [3.8, 4) is 11.5 Å². The first kappa shape index (κ1) is 28.6. The van der Waals surface area contributed by atoms with Crippen LogP contribution in [0, 0.1) is 5.41 Å². The minimum absolute atomic E-state index is 0.0200. The number of nitrogens with zero attached hydrogens (tertiary/aromatic N) is 2. The lowest BCUT2D eigenvalue weighted by atomic mass is 10.0. The lowest BCUT2D eigenvalue weighted by Crippen LogP contribution is -2.30. The van der Waals surface area contributed by atoms with Crippen LogP contribution in [0.5, 0.6) is 11.5 Å². The molecule has 0 radical (unpaired) electrons. The summed E-state index contributed by atoms with van der Waals surface area (Å²) in [5.74, 6) is 1.12. The van der Waals surface area contributed by atoms with Crippen LogP contribution in [-0.2, 0) is 14.8 Å². The second-order valence-electron chi connectivity index (χ2n) is 9.46. The van der Waals surface area contributed by atoms with E-state index >= 15 is 0 Å². The van der Waals surface area contributed by atoms with Crippen molar-refractivity contribution in [3.05, 3.63) is 77.9 Å². The predicted molar refractivity (Wildman–Crippen MR) is 157 cm³/mol. The molecule has 0 aliphatic heterocycles. The fraction of sp³-hybridized carbons (Fsp3) is 0.276. The quantitative estimate of drug-likeness (QED) is 0.249. The third-order valence-electron chi connectivity index (χ3n) is 6.69. The molecule has 3 aromatic rings. The summed E-state index contributed by atoms with van der Waals surface area (Å²) in [6.45, 7) is 7.27. The van der Waals surface area contributed by atoms with Gasteiger partial charge in [0.1, 0.15) is 11.5 Å². The minimum Gasteiger partial charge on any atom is -0.497 e. The number of allylic oxidation sites excluding steroid dienone is 4. The van der Waals surface area contributed by atoms with Crippen molar-refractivity contribution < 1.29 is 22.7 Å². The standard InChI is InChI=1S/C29H33N5O5S/c1-6-10-23(15-19(3)30-28(35)29(7-2)13-14-29)40(36,37)34-27-26(32-24-11-8-9-12-25(24)33-27)31-20-16-21(38-4)18-22(17-20)39-5/h6,8-12,15-18H,1,7,13-14H2,2-5H3,(H,30,35)(H,31,32)(H,33,34)/b19-15+,23-10+. The van der Waals surface area contributed by atoms with Gasteiger partial charge in [0.2, 0.25) is 5.91 Å². The molecule has 210 valence electrons. The zero-order chi connectivity index (χ0) is 28.9. The first-order valence-corrected chi connectivity index (χ1v) is 14.2. The molecule has 0 atom stereocenters. The first-order chi connectivity index (χ1) is 19.1. The number of hydrogen-bond donors (Lipinski definition) is 3. The number of nitrogens with one attached hydrogen (secondary N) is 3. The predicted octanol–water partition coefficient (Wildman–Crippen LogP) is 5.41. The summed E-state index contributed by atoms with van der Waals surface area (Å²) >= 11 is 0. The van der Waals surface area contributed by atoms with E-state index in [0.717, 1.165) is 19.3 Å². The van der Waals surface area contributed by atoms with Gasteiger partial charge in [-0.1, -0.05) is 31.7 Å². The van der Waals surface area contributed by atoms with E-state index in [2.05, 4.69) is 31.9 Å². The Hall–Kier alpha value is -4.38. The molecule has 11 heteroatoms. The van der Waals surface area contributed by atoms with Gasteiger partial charge in [0.25, 0.3) is 10.0 Å². The van der Waals surface area contributed by atoms with Gasteiger partial charge < -0.3 is 20.1 Å². The van der Waals surface area contributed by atoms with E-state index in [-0.39, 0.29) is 27.9 Å². The molecule has 2 aromatic carbocycles. The van der Waals surface area contributed by atoms with Crippen LogP contribution in [-0.4, -0.2) is 38.5 Å². The highest BCUT2D eigenvalue weighted by molar-refractivity contribution is 7.96. The number of sulfonamides is 1. The molecular weight excluding hydrogens is 530 g/mol. The third-order valence-corrected chi connectivity index (χ3v) is 8.03. The number of ether oxygens (including phenoxy) is 2. The highest BCUT2D eigenvalue weighted by atomic mass is 32.2. The average molecular weight is 564 g/mol. The van der Waals surface area contributed by atoms with Crippen LogP contribution in [0.1, 0.15) is 33.1 Å². The van der Waals surface area contributed by atoms with Crippen LogP contribution in [0.2, 0.25) is 0 Å². The maximum absolute atomic E-state index is 13.6. The van der Waals surface area contributed by atoms with Crippen molar-refractivity contribution >= 4 is 44.3 Å². The number of carbonyl (C=O) groups excluding carboxylic acids is 1. The SMILES string of the molecule is C=C/C=C(\C=C(/C)NC(=O)C1(CC)CC1)S(=O)(=O)Nc1nc2ccccc2nc1Nc1cc(OC)cc(OC)c1. The molecule has 3 N–H and O–H groups in total. The molecular formula is C29H33N5O5S. The number of methoxy groups -OCH3 is 2. The Morgan fingerprint density at radius 3 is 2.17 bits per heavy atom. The van der Waals surface area contributed by atoms with Crippen molar-refractivity contribution in [2.75, 3.05) is 24.3 Å². The number of amides is 1. The van der Waals surface area contributed by atoms with Gasteiger partial charge in [0.15, 0.2) is 11.6 Å². The summed E-state index contributed by atoms with van der Waals surface area (Å²) in [7, 11) is -1.12. The molecule has 1 amide bonds. The molecule has 1 fully saturated rings. The van der Waals surface area contributed by atoms with Gasteiger partial charge in [-0.2, -0.15) is 0 Å². The molecule has 0 unspecified atom stereocenters. The molecule has 0 bridgehead atoms. The van der Waals surface area contributed by atoms with Gasteiger partial charge in [0, 0.05) is 35.0 Å². The summed E-state index contributed by atoms with van der Waals surface area (Å²) < 4.78 is 40.5. The maximum Gasteiger partial charge on any atom is 0.263 e. The smallest absolute Gasteiger partial charge is 0.263 e. The van der Waals surface area contributed by atoms with Crippen molar-refractivity contribution in [2.24, 2.45) is 5.41 Å². The Balaban J connectivity index is 1.69. The summed E-state index contributed by atoms with van der Waals surface area (Å²) in [5.41, 5.74) is 1.64. The largest absolute Gasteiger partial charge is 0.497 e. The number of aromatic nitrogens is 2. The zero-order valence-corrected chi connectivity index (χ0v) is 23.8. The Morgan fingerprint density at radius 2 is 1.65 bits per heavy atom. The molecule has 1 saturated carbocycles. The zero-order valence-electron chi connectivity index (χ0n) is 22.9. The van der Waals surface area contributed by atoms with Gasteiger partial charge in [-0.25, -0.2) is 18.4 Å². The van der Waals surface area contributed by atoms with Crippen LogP contribution in [0.3, 0.4) is 0 Å². The number of fused-ring (bicyclic) bond motifs is 1. The Labute approximate surface area is 234 Å². The van der Waals surface area contributed by atoms with Crippen LogP contribution in [0.4, 0.5) is 17.3 Å². The number of anilines is 3. The fourth-order valence-corrected chi connectivity index (χ4v) is 5.27. The van der Waals surface area contributed by atoms with Gasteiger partial charge >= 0.3 is 0 Å². The van der Waals surface area contributed by atoms with Gasteiger partial charge in [0.05, 0.1) is 30.2 Å². The third kappa shape index (κ3) is 6.42. The molecule has 10 nitrogen and oxygen atoms in total. The molecule has 40 heavy (non-hydrogen) atoms. The highest BCUT2D eigenvalue weighted by Gasteiger charge is 2.47. The van der Waals surface area contributed by atoms with Gasteiger partial charge in [-0.15, -0.1) is 0 Å². The molecule has 1 heterocycles. The summed E-state index contributed by atoms with van der Waals surface area (Å²) in [5, 5.41) is 5.97. The Kier molecular flexibility index (Phi) is 8.43. The average Bonchev–Trinajstić information content (AvgIpc) is 3.74. The van der Waals surface area contributed by atoms with Gasteiger partial charge in [-0.3, -0.25) is 9.52 Å². The van der Waals surface area contributed by atoms with Crippen LogP contribution >= 0.6 is 0 Å². The fourth-order valence-electron chi connectivity index (χ4n) is 4.15. The van der Waals surface area contributed by atoms with Crippen LogP contribution in [0.15, 0.2) is 77.9 Å². The molecule has 4 rings (SSSR count). The second kappa shape index (κ2) is 11.8. The summed E-state index contributed by atoms with van der Waals surface area (Å²) in [6, 6.07) is 12.3. The lowest BCUT2D eigenvalue weighted by Gasteiger charge is -2.16. The molecule has 1 aliphatic carbocycles. The molecule has 1 aromatic heterocycles. The van der Waals surface area contributed by atoms with Crippen LogP contribution < -0.4 is 24.8 Å². The number of para-hydroxylation sites is 2. The monoisotopic (exact) mass is 563 g/mol. The van der Waals surface area contributed by atoms with Crippen molar-refractivity contribution in [2.45, 2.75) is 33.1 Å². The molecule has 1 aliphatic rings. The molecule has 0 spiro atoms. The number of carbonyl (C=O) groups is 1. The Bertz CT molecular complexity index is 1590. The topological polar surface area (TPSA) is 132 Å². The summed E-state index contributed by atoms with van der Waals surface area (Å²) in [4.78, 5) is 21.7. The van der Waals surface area contributed by atoms with E-state index in [4.69, 9.17) is 9.47 Å². The second-order valence-corrected chi connectivity index (χ2v) is 11.1. The van der Waals surface area contributed by atoms with E-state index in [0.29, 0.717) is 33.9 Å². The normalized spacial score (nSPS) is 14.8. The van der Waals surface area contributed by atoms with E-state index in [1.165, 1.54) is 32.4 Å². The van der Waals surface area contributed by atoms with Crippen LogP contribution in [0.25, 0.3) is 11.0 Å². The van der Waals surface area contributed by atoms with Gasteiger partial charge in [-0.05, 0) is 50.5 Å². The number of benzene rings is 2. The Morgan fingerprint density at radius 1 is 1.05 bits per heavy atom. The van der Waals surface area contributed by atoms with E-state index in [1.807, 2.05) is 13.0 Å². The van der Waals surface area contributed by atoms with Crippen molar-refractivity contribution in [1.82, 2.24) is 15.3 Å². The minimum atomic E-state index is -4.18. The first-order valence-electron chi connectivity index (χ1n) is 12.7. The maximum atomic E-state index is 13.6. The van der Waals surface area contributed by atoms with Crippen molar-refractivity contribution in [1.29, 1.82) is 0 Å². The van der Waals surface area contributed by atoms with Crippen molar-refractivity contribution in [3.63, 3.8) is 0 Å². The number of rotatable bonds is 12. The van der Waals surface area contributed by atoms with E-state index in [1.54, 1.807) is 43.3 Å². The highest BCUT2D eigenvalue weighted by Crippen LogP contribution is 2.48. The number of hydrogen-bond acceptors (Lipinski definition) is 8.